The van der Waals surface area contributed by atoms with Crippen molar-refractivity contribution in [1.82, 2.24) is 15.0 Å². The molecule has 0 fully saturated rings. The molecule has 21 nitrogen and oxygen atoms in total. The van der Waals surface area contributed by atoms with Crippen LogP contribution in [0, 0.1) is 13.8 Å². The van der Waals surface area contributed by atoms with Gasteiger partial charge >= 0.3 is 0 Å². The van der Waals surface area contributed by atoms with E-state index in [1.54, 1.807) is 97.9 Å². The van der Waals surface area contributed by atoms with Gasteiger partial charge in [0.15, 0.2) is 5.75 Å². The van der Waals surface area contributed by atoms with Crippen molar-refractivity contribution in [1.29, 1.82) is 0 Å². The number of anilines is 1. The Morgan fingerprint density at radius 2 is 1.34 bits per heavy atom. The highest BCUT2D eigenvalue weighted by Gasteiger charge is 2.20. The van der Waals surface area contributed by atoms with Gasteiger partial charge in [0.2, 0.25) is 0 Å². The molecule has 8 aromatic rings. The number of aromatic hydroxyl groups is 1. The summed E-state index contributed by atoms with van der Waals surface area (Å²) in [5.74, 6) is 0.0710. The van der Waals surface area contributed by atoms with E-state index >= 15 is 0 Å². The maximum Gasteiger partial charge on any atom is 0.294 e. The number of aryl methyl sites for hydroxylation is 2. The molecule has 8 rings (SSSR count). The van der Waals surface area contributed by atoms with Crippen LogP contribution >= 0.6 is 24.1 Å². The molecule has 0 atom stereocenters. The van der Waals surface area contributed by atoms with Crippen molar-refractivity contribution in [2.24, 2.45) is 30.7 Å². The van der Waals surface area contributed by atoms with Crippen LogP contribution in [0.4, 0.5) is 39.8 Å². The summed E-state index contributed by atoms with van der Waals surface area (Å²) >= 11 is 1.13. The third kappa shape index (κ3) is 9.76. The molecule has 1 aromatic heterocycles. The van der Waals surface area contributed by atoms with Crippen LogP contribution in [0.1, 0.15) is 11.1 Å². The predicted molar refractivity (Wildman–Crippen MR) is 239 cm³/mol. The van der Waals surface area contributed by atoms with Gasteiger partial charge in [-0.25, -0.2) is 10.5 Å². The van der Waals surface area contributed by atoms with Gasteiger partial charge in [0.05, 0.1) is 69.4 Å². The molecule has 24 heteroatoms. The molecule has 6 N–H and O–H groups in total. The summed E-state index contributed by atoms with van der Waals surface area (Å²) in [6, 6.07) is 27.9. The summed E-state index contributed by atoms with van der Waals surface area (Å²) in [6.07, 6.45) is 0. The van der Waals surface area contributed by atoms with Gasteiger partial charge in [-0.05, 0) is 121 Å². The Balaban J connectivity index is 1.03. The lowest BCUT2D eigenvalue weighted by atomic mass is 10.1. The minimum atomic E-state index is -4.62. The first-order chi connectivity index (χ1) is 31.3. The van der Waals surface area contributed by atoms with Crippen LogP contribution in [0.2, 0.25) is 0 Å². The second-order valence-corrected chi connectivity index (χ2v) is 16.7. The molecule has 0 aliphatic rings. The molecule has 7 aromatic carbocycles. The zero-order valence-electron chi connectivity index (χ0n) is 33.8. The number of benzene rings is 7. The van der Waals surface area contributed by atoms with Crippen molar-refractivity contribution >= 4 is 107 Å². The Kier molecular flexibility index (Phi) is 13.1. The molecule has 0 spiro atoms. The molecular formula is C41H32N10O11S3. The van der Waals surface area contributed by atoms with Crippen molar-refractivity contribution in [3.63, 3.8) is 0 Å². The van der Waals surface area contributed by atoms with Gasteiger partial charge in [-0.1, -0.05) is 16.1 Å². The van der Waals surface area contributed by atoms with Gasteiger partial charge in [-0.2, -0.15) is 33.7 Å². The lowest BCUT2D eigenvalue weighted by Gasteiger charge is -2.10. The summed E-state index contributed by atoms with van der Waals surface area (Å²) in [5.41, 5.74) is 11.7. The van der Waals surface area contributed by atoms with E-state index in [0.29, 0.717) is 108 Å². The van der Waals surface area contributed by atoms with E-state index in [9.17, 15) is 18.1 Å². The summed E-state index contributed by atoms with van der Waals surface area (Å²) in [7, 11) is -3.17. The predicted octanol–water partition coefficient (Wildman–Crippen LogP) is 12.0. The van der Waals surface area contributed by atoms with Crippen LogP contribution in [0.25, 0.3) is 38.3 Å². The van der Waals surface area contributed by atoms with Crippen LogP contribution in [0.5, 0.6) is 11.5 Å². The van der Waals surface area contributed by atoms with Crippen LogP contribution in [0.15, 0.2) is 149 Å². The third-order valence-corrected chi connectivity index (χ3v) is 11.8. The van der Waals surface area contributed by atoms with Crippen LogP contribution in [0.3, 0.4) is 0 Å². The minimum Gasteiger partial charge on any atom is -0.505 e. The number of methoxy groups -OCH3 is 1. The largest absolute Gasteiger partial charge is 0.505 e. The maximum atomic E-state index is 12.0. The number of rotatable bonds is 15. The Morgan fingerprint density at radius 3 is 2.06 bits per heavy atom. The fourth-order valence-electron chi connectivity index (χ4n) is 6.53. The van der Waals surface area contributed by atoms with Crippen molar-refractivity contribution in [2.75, 3.05) is 12.8 Å². The number of hydrogen-bond acceptors (Lipinski definition) is 21. The molecule has 0 unspecified atom stereocenters. The van der Waals surface area contributed by atoms with Crippen LogP contribution in [-0.4, -0.2) is 50.7 Å². The van der Waals surface area contributed by atoms with Gasteiger partial charge in [0, 0.05) is 32.8 Å². The van der Waals surface area contributed by atoms with Crippen molar-refractivity contribution in [3.05, 3.63) is 114 Å². The zero-order chi connectivity index (χ0) is 45.8. The average Bonchev–Trinajstić information content (AvgIpc) is 3.74. The standard InChI is InChI=1S/C41H32N10O11S3/c1-21-14-24(42)4-12-32(21)45-44-26-7-10-29-23(16-26)17-38(64-62-60-54)40(41(29)52)48-47-35-15-22(2)34(20-36(35)58-3)46-43-25-5-8-27(9-6-25)51-49-33-13-11-30-31(39(33)50-51)18-28(65(55,56)57)19-37(30)63-61-59-53/h4-20,52-54H,42H2,1-3H3,(H,55,56,57). The lowest BCUT2D eigenvalue weighted by molar-refractivity contribution is -0.432. The second kappa shape index (κ2) is 19.0. The SMILES string of the molecule is COc1cc(N=Nc2ccc(-n3nc4ccc5c(SOOO)cc(S(=O)(=O)O)cc5c4n3)cc2)c(C)cc1N=Nc1c(SOOO)cc2cc(N=Nc3ccc(N)cc3C)ccc2c1O. The topological polar surface area (TPSA) is 292 Å². The molecule has 0 saturated heterocycles. The smallest absolute Gasteiger partial charge is 0.294 e. The first kappa shape index (κ1) is 44.6. The van der Waals surface area contributed by atoms with E-state index in [4.69, 9.17) is 25.3 Å². The quantitative estimate of drug-likeness (QED) is 0.0159. The first-order valence-corrected chi connectivity index (χ1v) is 21.6. The molecule has 0 radical (unpaired) electrons. The van der Waals surface area contributed by atoms with Gasteiger partial charge in [-0.15, -0.1) is 29.1 Å². The highest BCUT2D eigenvalue weighted by atomic mass is 32.2. The second-order valence-electron chi connectivity index (χ2n) is 13.8. The lowest BCUT2D eigenvalue weighted by Crippen LogP contribution is -1.99. The third-order valence-electron chi connectivity index (χ3n) is 9.66. The minimum absolute atomic E-state index is 0.0181. The van der Waals surface area contributed by atoms with E-state index in [2.05, 4.69) is 55.3 Å². The molecule has 330 valence electrons. The zero-order valence-corrected chi connectivity index (χ0v) is 36.2. The number of azo groups is 3. The molecule has 65 heavy (non-hydrogen) atoms. The number of fused-ring (bicyclic) bond motifs is 4. The summed E-state index contributed by atoms with van der Waals surface area (Å²) < 4.78 is 48.7. The number of hydrogen-bond donors (Lipinski definition) is 5. The molecule has 0 aliphatic carbocycles. The van der Waals surface area contributed by atoms with Crippen LogP contribution < -0.4 is 10.5 Å². The highest BCUT2D eigenvalue weighted by Crippen LogP contribution is 2.46. The molecule has 0 amide bonds. The summed E-state index contributed by atoms with van der Waals surface area (Å²) in [4.78, 5) is 1.41. The number of nitrogen functional groups attached to an aromatic ring is 1. The van der Waals surface area contributed by atoms with Gasteiger partial charge in [-0.3, -0.25) is 4.55 Å². The molecule has 0 aliphatic heterocycles. The van der Waals surface area contributed by atoms with E-state index in [-0.39, 0.29) is 21.2 Å². The van der Waals surface area contributed by atoms with Crippen molar-refractivity contribution < 1.29 is 52.1 Å². The van der Waals surface area contributed by atoms with Crippen LogP contribution in [-0.2, 0) is 28.9 Å². The average molecular weight is 937 g/mol. The van der Waals surface area contributed by atoms with E-state index in [0.717, 1.165) is 5.56 Å². The van der Waals surface area contributed by atoms with Crippen molar-refractivity contribution in [2.45, 2.75) is 28.5 Å². The maximum absolute atomic E-state index is 12.0. The Morgan fingerprint density at radius 1 is 0.662 bits per heavy atom. The number of nitrogens with two attached hydrogens (primary N) is 1. The summed E-state index contributed by atoms with van der Waals surface area (Å²) in [5, 5.41) is 73.6. The molecule has 1 heterocycles. The number of ether oxygens (including phenoxy) is 1. The molecule has 0 saturated carbocycles. The van der Waals surface area contributed by atoms with Crippen molar-refractivity contribution in [3.8, 4) is 17.2 Å². The van der Waals surface area contributed by atoms with Gasteiger partial charge in [0.1, 0.15) is 28.2 Å². The fourth-order valence-corrected chi connectivity index (χ4v) is 8.18. The van der Waals surface area contributed by atoms with E-state index < -0.39 is 15.0 Å². The first-order valence-electron chi connectivity index (χ1n) is 18.6. The monoisotopic (exact) mass is 936 g/mol. The van der Waals surface area contributed by atoms with E-state index in [1.807, 2.05) is 6.92 Å². The fraction of sp³-hybridized carbons (Fsp3) is 0.0732. The number of phenols is 1. The Hall–Kier alpha value is -6.97. The molecule has 0 bridgehead atoms. The molecular weight excluding hydrogens is 905 g/mol. The number of phenolic OH excluding ortho intramolecular Hbond substituents is 1. The number of aromatic nitrogens is 3. The Labute approximate surface area is 375 Å². The van der Waals surface area contributed by atoms with Gasteiger partial charge in [0.25, 0.3) is 10.1 Å². The van der Waals surface area contributed by atoms with Gasteiger partial charge < -0.3 is 15.6 Å². The summed E-state index contributed by atoms with van der Waals surface area (Å²) in [6.45, 7) is 3.68. The van der Waals surface area contributed by atoms with E-state index in [1.165, 1.54) is 24.0 Å². The highest BCUT2D eigenvalue weighted by molar-refractivity contribution is 7.95. The number of nitrogens with zero attached hydrogens (tertiary/aromatic N) is 9. The Bertz CT molecular complexity index is 3330. The normalized spacial score (nSPS) is 12.3.